The number of nitrogens with zero attached hydrogens (tertiary/aromatic N) is 4. The van der Waals surface area contributed by atoms with Gasteiger partial charge in [-0.15, -0.1) is 5.10 Å². The van der Waals surface area contributed by atoms with Crippen LogP contribution in [0.5, 0.6) is 0 Å². The predicted molar refractivity (Wildman–Crippen MR) is 94.5 cm³/mol. The highest BCUT2D eigenvalue weighted by molar-refractivity contribution is 5.90. The van der Waals surface area contributed by atoms with Gasteiger partial charge in [0.2, 0.25) is 5.91 Å². The first-order chi connectivity index (χ1) is 13.8. The number of benzene rings is 1. The van der Waals surface area contributed by atoms with E-state index in [1.165, 1.54) is 17.2 Å². The molecule has 0 aliphatic carbocycles. The molecule has 12 heteroatoms. The Labute approximate surface area is 167 Å². The molecular formula is C18H17F6N5O. The smallest absolute Gasteiger partial charge is 0.337 e. The lowest BCUT2D eigenvalue weighted by Crippen LogP contribution is -2.31. The van der Waals surface area contributed by atoms with Gasteiger partial charge < -0.3 is 10.6 Å². The van der Waals surface area contributed by atoms with Gasteiger partial charge in [0, 0.05) is 37.0 Å². The van der Waals surface area contributed by atoms with Crippen molar-refractivity contribution in [3.8, 4) is 11.4 Å². The lowest BCUT2D eigenvalue weighted by atomic mass is 10.0. The average molecular weight is 433 g/mol. The van der Waals surface area contributed by atoms with E-state index in [-0.39, 0.29) is 29.8 Å². The quantitative estimate of drug-likeness (QED) is 0.596. The molecule has 0 spiro atoms. The first-order valence-corrected chi connectivity index (χ1v) is 8.78. The predicted octanol–water partition coefficient (Wildman–Crippen LogP) is 3.26. The standard InChI is InChI=1S/C18H17F6N5O/c1-10-7-28(8-14(10)25)15(30)2-3-29-9-26-16(27-29)11-4-12(17(19,20)21)6-13(5-11)18(22,23)24/h2-6,9-10,14H,7-8,25H2,1H3/b3-2-. The molecule has 1 aliphatic rings. The highest BCUT2D eigenvalue weighted by atomic mass is 19.4. The fourth-order valence-electron chi connectivity index (χ4n) is 2.98. The molecule has 3 rings (SSSR count). The molecule has 0 saturated carbocycles. The van der Waals surface area contributed by atoms with Crippen LogP contribution in [0.15, 0.2) is 30.6 Å². The van der Waals surface area contributed by atoms with Gasteiger partial charge in [0.25, 0.3) is 0 Å². The van der Waals surface area contributed by atoms with E-state index in [4.69, 9.17) is 5.73 Å². The zero-order valence-corrected chi connectivity index (χ0v) is 15.6. The van der Waals surface area contributed by atoms with E-state index in [2.05, 4.69) is 10.1 Å². The molecular weight excluding hydrogens is 416 g/mol. The number of aromatic nitrogens is 3. The van der Waals surface area contributed by atoms with Crippen molar-refractivity contribution in [3.05, 3.63) is 41.7 Å². The molecule has 162 valence electrons. The van der Waals surface area contributed by atoms with E-state index in [0.29, 0.717) is 25.2 Å². The minimum Gasteiger partial charge on any atom is -0.337 e. The molecule has 1 aromatic heterocycles. The fraction of sp³-hybridized carbons (Fsp3) is 0.389. The molecule has 0 bridgehead atoms. The maximum Gasteiger partial charge on any atom is 0.416 e. The Balaban J connectivity index is 1.84. The topological polar surface area (TPSA) is 77.0 Å². The van der Waals surface area contributed by atoms with Gasteiger partial charge >= 0.3 is 12.4 Å². The number of hydrogen-bond donors (Lipinski definition) is 1. The van der Waals surface area contributed by atoms with Crippen LogP contribution in [-0.4, -0.2) is 44.7 Å². The summed E-state index contributed by atoms with van der Waals surface area (Å²) in [6, 6.07) is 0.970. The molecule has 1 saturated heterocycles. The maximum absolute atomic E-state index is 13.0. The zero-order valence-electron chi connectivity index (χ0n) is 15.6. The lowest BCUT2D eigenvalue weighted by Gasteiger charge is -2.13. The third-order valence-corrected chi connectivity index (χ3v) is 4.71. The van der Waals surface area contributed by atoms with E-state index in [1.54, 1.807) is 0 Å². The molecule has 2 unspecified atom stereocenters. The Kier molecular flexibility index (Phi) is 5.63. The van der Waals surface area contributed by atoms with Crippen molar-refractivity contribution in [1.82, 2.24) is 19.7 Å². The van der Waals surface area contributed by atoms with Crippen molar-refractivity contribution in [2.75, 3.05) is 13.1 Å². The second kappa shape index (κ2) is 7.74. The van der Waals surface area contributed by atoms with Gasteiger partial charge in [-0.2, -0.15) is 26.3 Å². The van der Waals surface area contributed by atoms with Crippen LogP contribution in [0.1, 0.15) is 18.1 Å². The van der Waals surface area contributed by atoms with Crippen LogP contribution in [0.2, 0.25) is 0 Å². The van der Waals surface area contributed by atoms with Crippen LogP contribution in [0.4, 0.5) is 26.3 Å². The molecule has 0 radical (unpaired) electrons. The maximum atomic E-state index is 13.0. The highest BCUT2D eigenvalue weighted by Gasteiger charge is 2.37. The van der Waals surface area contributed by atoms with Crippen molar-refractivity contribution in [2.45, 2.75) is 25.3 Å². The molecule has 30 heavy (non-hydrogen) atoms. The zero-order chi connectivity index (χ0) is 22.3. The largest absolute Gasteiger partial charge is 0.416 e. The van der Waals surface area contributed by atoms with Crippen LogP contribution in [0.25, 0.3) is 17.6 Å². The number of hydrogen-bond acceptors (Lipinski definition) is 4. The van der Waals surface area contributed by atoms with Crippen LogP contribution < -0.4 is 5.73 Å². The van der Waals surface area contributed by atoms with Gasteiger partial charge in [0.15, 0.2) is 5.82 Å². The Morgan fingerprint density at radius 3 is 2.20 bits per heavy atom. The summed E-state index contributed by atoms with van der Waals surface area (Å²) in [4.78, 5) is 17.5. The van der Waals surface area contributed by atoms with E-state index in [9.17, 15) is 31.1 Å². The lowest BCUT2D eigenvalue weighted by molar-refractivity contribution is -0.143. The van der Waals surface area contributed by atoms with Gasteiger partial charge in [-0.1, -0.05) is 6.92 Å². The van der Waals surface area contributed by atoms with Crippen molar-refractivity contribution < 1.29 is 31.1 Å². The van der Waals surface area contributed by atoms with Gasteiger partial charge in [-0.05, 0) is 24.1 Å². The van der Waals surface area contributed by atoms with Crippen molar-refractivity contribution in [3.63, 3.8) is 0 Å². The minimum atomic E-state index is -4.97. The second-order valence-electron chi connectivity index (χ2n) is 7.04. The Morgan fingerprint density at radius 2 is 1.70 bits per heavy atom. The molecule has 1 aliphatic heterocycles. The first-order valence-electron chi connectivity index (χ1n) is 8.78. The number of nitrogens with two attached hydrogens (primary N) is 1. The highest BCUT2D eigenvalue weighted by Crippen LogP contribution is 2.38. The first kappa shape index (κ1) is 21.8. The SMILES string of the molecule is CC1CN(C(=O)/C=C\n2cnc(-c3cc(C(F)(F)F)cc(C(F)(F)F)c3)n2)CC1N. The van der Waals surface area contributed by atoms with Crippen molar-refractivity contribution in [2.24, 2.45) is 11.7 Å². The summed E-state index contributed by atoms with van der Waals surface area (Å²) in [5.74, 6) is -0.546. The normalized spacial score (nSPS) is 20.3. The molecule has 2 atom stereocenters. The molecule has 6 nitrogen and oxygen atoms in total. The third kappa shape index (κ3) is 4.81. The number of rotatable bonds is 3. The number of carbonyl (C=O) groups excluding carboxylic acids is 1. The molecule has 1 amide bonds. The molecule has 2 aromatic rings. The van der Waals surface area contributed by atoms with Gasteiger partial charge in [0.05, 0.1) is 11.1 Å². The Morgan fingerprint density at radius 1 is 1.10 bits per heavy atom. The van der Waals surface area contributed by atoms with E-state index < -0.39 is 29.0 Å². The van der Waals surface area contributed by atoms with Crippen LogP contribution in [0, 0.1) is 5.92 Å². The number of amides is 1. The summed E-state index contributed by atoms with van der Waals surface area (Å²) in [6.45, 7) is 2.78. The molecule has 1 fully saturated rings. The fourth-order valence-corrected chi connectivity index (χ4v) is 2.98. The Hall–Kier alpha value is -2.89. The molecule has 1 aromatic carbocycles. The molecule has 2 heterocycles. The van der Waals surface area contributed by atoms with Crippen molar-refractivity contribution in [1.29, 1.82) is 0 Å². The number of halogens is 6. The van der Waals surface area contributed by atoms with Crippen LogP contribution in [-0.2, 0) is 17.1 Å². The minimum absolute atomic E-state index is 0.0286. The number of carbonyl (C=O) groups is 1. The molecule has 2 N–H and O–H groups in total. The summed E-state index contributed by atoms with van der Waals surface area (Å²) in [7, 11) is 0. The van der Waals surface area contributed by atoms with Gasteiger partial charge in [0.1, 0.15) is 6.33 Å². The monoisotopic (exact) mass is 433 g/mol. The van der Waals surface area contributed by atoms with E-state index >= 15 is 0 Å². The van der Waals surface area contributed by atoms with Gasteiger partial charge in [-0.25, -0.2) is 9.67 Å². The summed E-state index contributed by atoms with van der Waals surface area (Å²) >= 11 is 0. The van der Waals surface area contributed by atoms with Crippen molar-refractivity contribution >= 4 is 12.1 Å². The van der Waals surface area contributed by atoms with Gasteiger partial charge in [-0.3, -0.25) is 4.79 Å². The van der Waals surface area contributed by atoms with E-state index in [1.807, 2.05) is 6.92 Å². The summed E-state index contributed by atoms with van der Waals surface area (Å²) < 4.78 is 79.0. The third-order valence-electron chi connectivity index (χ3n) is 4.71. The Bertz CT molecular complexity index is 922. The summed E-state index contributed by atoms with van der Waals surface area (Å²) in [5.41, 5.74) is 2.48. The summed E-state index contributed by atoms with van der Waals surface area (Å²) in [5, 5.41) is 3.84. The van der Waals surface area contributed by atoms with Crippen LogP contribution >= 0.6 is 0 Å². The van der Waals surface area contributed by atoms with Crippen LogP contribution in [0.3, 0.4) is 0 Å². The average Bonchev–Trinajstić information content (AvgIpc) is 3.25. The summed E-state index contributed by atoms with van der Waals surface area (Å²) in [6.07, 6.45) is -6.48. The second-order valence-corrected chi connectivity index (χ2v) is 7.04. The number of alkyl halides is 6. The van der Waals surface area contributed by atoms with E-state index in [0.717, 1.165) is 11.0 Å². The number of likely N-dealkylation sites (tertiary alicyclic amines) is 1.